The molecule has 0 fully saturated rings. The van der Waals surface area contributed by atoms with Crippen LogP contribution in [0.1, 0.15) is 10.4 Å². The summed E-state index contributed by atoms with van der Waals surface area (Å²) in [5, 5.41) is 3.72. The van der Waals surface area contributed by atoms with Crippen molar-refractivity contribution in [3.63, 3.8) is 0 Å². The van der Waals surface area contributed by atoms with Crippen LogP contribution in [0.2, 0.25) is 0 Å². The first kappa shape index (κ1) is 16.6. The third-order valence-electron chi connectivity index (χ3n) is 3.69. The molecule has 3 rings (SSSR count). The van der Waals surface area contributed by atoms with Crippen molar-refractivity contribution in [2.75, 3.05) is 20.3 Å². The van der Waals surface area contributed by atoms with Gasteiger partial charge in [0, 0.05) is 29.1 Å². The van der Waals surface area contributed by atoms with Gasteiger partial charge in [-0.2, -0.15) is 0 Å². The summed E-state index contributed by atoms with van der Waals surface area (Å²) in [6.45, 7) is 0.952. The second-order valence-corrected chi connectivity index (χ2v) is 6.24. The molecular weight excluding hydrogens is 368 g/mol. The highest BCUT2D eigenvalue weighted by molar-refractivity contribution is 9.10. The topological polar surface area (TPSA) is 51.2 Å². The number of amides is 1. The van der Waals surface area contributed by atoms with Crippen LogP contribution in [-0.2, 0) is 4.74 Å². The van der Waals surface area contributed by atoms with Crippen LogP contribution < -0.4 is 5.32 Å². The van der Waals surface area contributed by atoms with E-state index in [0.29, 0.717) is 18.7 Å². The van der Waals surface area contributed by atoms with Gasteiger partial charge in [0.05, 0.1) is 23.4 Å². The number of halogens is 1. The first-order valence-corrected chi connectivity index (χ1v) is 8.41. The van der Waals surface area contributed by atoms with Crippen molar-refractivity contribution in [3.8, 4) is 11.3 Å². The van der Waals surface area contributed by atoms with Crippen molar-refractivity contribution in [1.29, 1.82) is 0 Å². The van der Waals surface area contributed by atoms with Gasteiger partial charge >= 0.3 is 0 Å². The van der Waals surface area contributed by atoms with Gasteiger partial charge in [-0.25, -0.2) is 4.98 Å². The first-order valence-electron chi connectivity index (χ1n) is 7.62. The van der Waals surface area contributed by atoms with Crippen molar-refractivity contribution in [1.82, 2.24) is 10.3 Å². The molecular formula is C19H17BrN2O2. The molecule has 1 N–H and O–H groups in total. The lowest BCUT2D eigenvalue weighted by molar-refractivity contribution is 0.0938. The van der Waals surface area contributed by atoms with Crippen LogP contribution in [0.4, 0.5) is 0 Å². The summed E-state index contributed by atoms with van der Waals surface area (Å²) in [4.78, 5) is 17.3. The Kier molecular flexibility index (Phi) is 5.23. The van der Waals surface area contributed by atoms with Gasteiger partial charge in [0.15, 0.2) is 0 Å². The van der Waals surface area contributed by atoms with Crippen molar-refractivity contribution in [3.05, 3.63) is 64.6 Å². The second-order valence-electron chi connectivity index (χ2n) is 5.33. The molecule has 24 heavy (non-hydrogen) atoms. The number of nitrogens with zero attached hydrogens (tertiary/aromatic N) is 1. The number of carbonyl (C=O) groups excluding carboxylic acids is 1. The normalized spacial score (nSPS) is 10.8. The molecule has 122 valence electrons. The fraction of sp³-hybridized carbons (Fsp3) is 0.158. The van der Waals surface area contributed by atoms with E-state index in [1.54, 1.807) is 7.11 Å². The summed E-state index contributed by atoms with van der Waals surface area (Å²) >= 11 is 3.43. The number of hydrogen-bond donors (Lipinski definition) is 1. The van der Waals surface area contributed by atoms with Gasteiger partial charge in [-0.05, 0) is 24.3 Å². The monoisotopic (exact) mass is 384 g/mol. The highest BCUT2D eigenvalue weighted by Gasteiger charge is 2.13. The van der Waals surface area contributed by atoms with Gasteiger partial charge in [0.1, 0.15) is 0 Å². The number of pyridine rings is 1. The second kappa shape index (κ2) is 7.55. The highest BCUT2D eigenvalue weighted by Crippen LogP contribution is 2.26. The smallest absolute Gasteiger partial charge is 0.252 e. The Morgan fingerprint density at radius 1 is 1.17 bits per heavy atom. The third-order valence-corrected chi connectivity index (χ3v) is 4.22. The van der Waals surface area contributed by atoms with E-state index in [0.717, 1.165) is 26.6 Å². The summed E-state index contributed by atoms with van der Waals surface area (Å²) < 4.78 is 5.99. The minimum Gasteiger partial charge on any atom is -0.383 e. The number of benzene rings is 2. The van der Waals surface area contributed by atoms with Crippen LogP contribution in [-0.4, -0.2) is 31.2 Å². The lowest BCUT2D eigenvalue weighted by Gasteiger charge is -2.10. The number of para-hydroxylation sites is 1. The van der Waals surface area contributed by atoms with Gasteiger partial charge in [0.2, 0.25) is 0 Å². The Labute approximate surface area is 149 Å². The maximum Gasteiger partial charge on any atom is 0.252 e. The summed E-state index contributed by atoms with van der Waals surface area (Å²) in [6.07, 6.45) is 0. The maximum absolute atomic E-state index is 12.6. The standard InChI is InChI=1S/C19H17BrN2O2/c1-24-11-10-21-19(23)16-12-18(13-6-8-14(20)9-7-13)22-17-5-3-2-4-15(16)17/h2-9,12H,10-11H2,1H3,(H,21,23). The Balaban J connectivity index is 2.05. The van der Waals surface area contributed by atoms with E-state index < -0.39 is 0 Å². The number of carbonyl (C=O) groups is 1. The quantitative estimate of drug-likeness (QED) is 0.675. The lowest BCUT2D eigenvalue weighted by atomic mass is 10.0. The molecule has 4 nitrogen and oxygen atoms in total. The average Bonchev–Trinajstić information content (AvgIpc) is 2.61. The third kappa shape index (κ3) is 3.63. The van der Waals surface area contributed by atoms with E-state index in [1.807, 2.05) is 54.6 Å². The molecule has 1 heterocycles. The molecule has 0 aliphatic carbocycles. The number of aromatic nitrogens is 1. The van der Waals surface area contributed by atoms with Crippen LogP contribution in [0, 0.1) is 0 Å². The largest absolute Gasteiger partial charge is 0.383 e. The molecule has 1 aromatic heterocycles. The van der Waals surface area contributed by atoms with E-state index >= 15 is 0 Å². The van der Waals surface area contributed by atoms with Gasteiger partial charge in [-0.15, -0.1) is 0 Å². The zero-order valence-corrected chi connectivity index (χ0v) is 14.8. The van der Waals surface area contributed by atoms with Crippen molar-refractivity contribution >= 4 is 32.7 Å². The Bertz CT molecular complexity index is 863. The van der Waals surface area contributed by atoms with E-state index in [9.17, 15) is 4.79 Å². The van der Waals surface area contributed by atoms with E-state index in [-0.39, 0.29) is 5.91 Å². The van der Waals surface area contributed by atoms with Crippen LogP contribution in [0.5, 0.6) is 0 Å². The Morgan fingerprint density at radius 3 is 2.67 bits per heavy atom. The fourth-order valence-electron chi connectivity index (χ4n) is 2.49. The molecule has 0 radical (unpaired) electrons. The Morgan fingerprint density at radius 2 is 1.92 bits per heavy atom. The maximum atomic E-state index is 12.6. The molecule has 2 aromatic carbocycles. The molecule has 0 atom stereocenters. The first-order chi connectivity index (χ1) is 11.7. The highest BCUT2D eigenvalue weighted by atomic mass is 79.9. The molecule has 0 aliphatic rings. The zero-order valence-electron chi connectivity index (χ0n) is 13.3. The summed E-state index contributed by atoms with van der Waals surface area (Å²) in [5.41, 5.74) is 3.16. The molecule has 0 bridgehead atoms. The molecule has 5 heteroatoms. The van der Waals surface area contributed by atoms with Crippen LogP contribution >= 0.6 is 15.9 Å². The summed E-state index contributed by atoms with van der Waals surface area (Å²) in [5.74, 6) is -0.121. The van der Waals surface area contributed by atoms with Crippen LogP contribution in [0.15, 0.2) is 59.1 Å². The SMILES string of the molecule is COCCNC(=O)c1cc(-c2ccc(Br)cc2)nc2ccccc12. The molecule has 0 aliphatic heterocycles. The predicted octanol–water partition coefficient (Wildman–Crippen LogP) is 4.04. The van der Waals surface area contributed by atoms with Crippen molar-refractivity contribution < 1.29 is 9.53 Å². The number of hydrogen-bond acceptors (Lipinski definition) is 3. The van der Waals surface area contributed by atoms with Gasteiger partial charge in [-0.3, -0.25) is 4.79 Å². The number of nitrogens with one attached hydrogen (secondary N) is 1. The molecule has 0 spiro atoms. The minimum atomic E-state index is -0.121. The van der Waals surface area contributed by atoms with Crippen molar-refractivity contribution in [2.45, 2.75) is 0 Å². The average molecular weight is 385 g/mol. The van der Waals surface area contributed by atoms with Gasteiger partial charge < -0.3 is 10.1 Å². The van der Waals surface area contributed by atoms with Gasteiger partial charge in [-0.1, -0.05) is 46.3 Å². The summed E-state index contributed by atoms with van der Waals surface area (Å²) in [7, 11) is 1.61. The Hall–Kier alpha value is -2.24. The van der Waals surface area contributed by atoms with Crippen molar-refractivity contribution in [2.24, 2.45) is 0 Å². The zero-order chi connectivity index (χ0) is 16.9. The fourth-order valence-corrected chi connectivity index (χ4v) is 2.76. The molecule has 0 saturated carbocycles. The predicted molar refractivity (Wildman–Crippen MR) is 99.1 cm³/mol. The molecule has 0 unspecified atom stereocenters. The van der Waals surface area contributed by atoms with Crippen LogP contribution in [0.25, 0.3) is 22.2 Å². The van der Waals surface area contributed by atoms with E-state index in [2.05, 4.69) is 21.2 Å². The summed E-state index contributed by atoms with van der Waals surface area (Å²) in [6, 6.07) is 17.4. The lowest BCUT2D eigenvalue weighted by Crippen LogP contribution is -2.27. The van der Waals surface area contributed by atoms with Gasteiger partial charge in [0.25, 0.3) is 5.91 Å². The molecule has 3 aromatic rings. The minimum absolute atomic E-state index is 0.121. The number of methoxy groups -OCH3 is 1. The number of fused-ring (bicyclic) bond motifs is 1. The molecule has 0 saturated heterocycles. The number of ether oxygens (including phenoxy) is 1. The van der Waals surface area contributed by atoms with E-state index in [4.69, 9.17) is 9.72 Å². The van der Waals surface area contributed by atoms with E-state index in [1.165, 1.54) is 0 Å². The van der Waals surface area contributed by atoms with Crippen LogP contribution in [0.3, 0.4) is 0 Å². The number of rotatable bonds is 5. The molecule has 1 amide bonds.